The summed E-state index contributed by atoms with van der Waals surface area (Å²) < 4.78 is 0. The molecule has 124 valence electrons. The van der Waals surface area contributed by atoms with Gasteiger partial charge in [0.25, 0.3) is 0 Å². The molecule has 0 aliphatic carbocycles. The summed E-state index contributed by atoms with van der Waals surface area (Å²) in [5.41, 5.74) is 3.43. The number of H-pyrrole nitrogens is 1. The molecule has 0 radical (unpaired) electrons. The van der Waals surface area contributed by atoms with Crippen LogP contribution in [0.25, 0.3) is 0 Å². The number of likely N-dealkylation sites (N-methyl/N-ethyl adjacent to an activating group) is 1. The van der Waals surface area contributed by atoms with Gasteiger partial charge in [0.05, 0.1) is 12.2 Å². The zero-order chi connectivity index (χ0) is 16.2. The van der Waals surface area contributed by atoms with Crippen molar-refractivity contribution in [3.63, 3.8) is 0 Å². The second-order valence-corrected chi connectivity index (χ2v) is 7.21. The molecule has 1 atom stereocenters. The van der Waals surface area contributed by atoms with Gasteiger partial charge in [-0.1, -0.05) is 0 Å². The number of likely N-dealkylation sites (tertiary alicyclic amines) is 1. The molecule has 5 nitrogen and oxygen atoms in total. The number of aromatic nitrogens is 2. The van der Waals surface area contributed by atoms with E-state index in [0.717, 1.165) is 37.3 Å². The van der Waals surface area contributed by atoms with Crippen molar-refractivity contribution < 1.29 is 4.79 Å². The smallest absolute Gasteiger partial charge is 0.236 e. The van der Waals surface area contributed by atoms with Crippen molar-refractivity contribution in [1.82, 2.24) is 20.0 Å². The maximum atomic E-state index is 12.5. The Bertz CT molecular complexity index is 637. The molecule has 23 heavy (non-hydrogen) atoms. The van der Waals surface area contributed by atoms with Gasteiger partial charge < -0.3 is 4.90 Å². The van der Waals surface area contributed by atoms with Crippen molar-refractivity contribution >= 4 is 17.2 Å². The topological polar surface area (TPSA) is 52.2 Å². The molecule has 0 bridgehead atoms. The molecule has 0 aromatic carbocycles. The highest BCUT2D eigenvalue weighted by molar-refractivity contribution is 7.07. The average molecular weight is 332 g/mol. The first kappa shape index (κ1) is 16.2. The van der Waals surface area contributed by atoms with E-state index < -0.39 is 0 Å². The molecule has 0 spiro atoms. The number of hydrogen-bond donors (Lipinski definition) is 1. The fraction of sp³-hybridized carbons (Fsp3) is 0.529. The highest BCUT2D eigenvalue weighted by Crippen LogP contribution is 2.25. The number of nitrogens with zero attached hydrogens (tertiary/aromatic N) is 3. The summed E-state index contributed by atoms with van der Waals surface area (Å²) in [5, 5.41) is 11.6. The summed E-state index contributed by atoms with van der Waals surface area (Å²) in [6.07, 6.45) is 2.28. The monoisotopic (exact) mass is 332 g/mol. The Hall–Kier alpha value is -1.66. The molecular weight excluding hydrogens is 308 g/mol. The van der Waals surface area contributed by atoms with E-state index in [1.807, 2.05) is 18.9 Å². The van der Waals surface area contributed by atoms with E-state index in [1.54, 1.807) is 11.3 Å². The molecule has 2 aromatic heterocycles. The molecule has 1 aliphatic rings. The van der Waals surface area contributed by atoms with Crippen molar-refractivity contribution in [1.29, 1.82) is 0 Å². The van der Waals surface area contributed by atoms with E-state index in [0.29, 0.717) is 19.0 Å². The van der Waals surface area contributed by atoms with E-state index in [1.165, 1.54) is 5.56 Å². The highest BCUT2D eigenvalue weighted by Gasteiger charge is 2.25. The van der Waals surface area contributed by atoms with Gasteiger partial charge in [0.1, 0.15) is 0 Å². The van der Waals surface area contributed by atoms with Crippen LogP contribution in [-0.2, 0) is 11.3 Å². The minimum atomic E-state index is 0.190. The van der Waals surface area contributed by atoms with Crippen LogP contribution < -0.4 is 0 Å². The van der Waals surface area contributed by atoms with Gasteiger partial charge in [-0.05, 0) is 54.8 Å². The lowest BCUT2D eigenvalue weighted by Crippen LogP contribution is -2.42. The fourth-order valence-corrected chi connectivity index (χ4v) is 3.81. The largest absolute Gasteiger partial charge is 0.340 e. The van der Waals surface area contributed by atoms with Crippen LogP contribution in [0.15, 0.2) is 22.9 Å². The summed E-state index contributed by atoms with van der Waals surface area (Å²) in [6, 6.07) is 4.20. The number of amides is 1. The fourth-order valence-electron chi connectivity index (χ4n) is 3.15. The molecule has 6 heteroatoms. The number of piperidine rings is 1. The number of rotatable bonds is 5. The van der Waals surface area contributed by atoms with E-state index >= 15 is 0 Å². The Labute approximate surface area is 141 Å². The normalized spacial score (nSPS) is 19.0. The predicted molar refractivity (Wildman–Crippen MR) is 92.5 cm³/mol. The summed E-state index contributed by atoms with van der Waals surface area (Å²) >= 11 is 1.67. The molecule has 2 aromatic rings. The van der Waals surface area contributed by atoms with Gasteiger partial charge in [0.2, 0.25) is 5.91 Å². The molecule has 0 unspecified atom stereocenters. The first-order valence-electron chi connectivity index (χ1n) is 8.11. The van der Waals surface area contributed by atoms with Crippen molar-refractivity contribution in [3.8, 4) is 0 Å². The standard InChI is InChI=1S/C17H24N4OS/c1-13-8-16(19-18-13)15-4-3-6-21(10-15)11-17(22)20(2)9-14-5-7-23-12-14/h5,7-8,12,15H,3-4,6,9-11H2,1-2H3,(H,18,19)/t15-/m1/s1. The van der Waals surface area contributed by atoms with Crippen LogP contribution in [0.5, 0.6) is 0 Å². The van der Waals surface area contributed by atoms with Crippen LogP contribution in [0, 0.1) is 6.92 Å². The molecule has 1 fully saturated rings. The summed E-state index contributed by atoms with van der Waals surface area (Å²) in [7, 11) is 1.89. The second kappa shape index (κ2) is 7.27. The Kier molecular flexibility index (Phi) is 5.13. The Morgan fingerprint density at radius 1 is 1.57 bits per heavy atom. The average Bonchev–Trinajstić information content (AvgIpc) is 3.19. The van der Waals surface area contributed by atoms with Crippen LogP contribution in [0.4, 0.5) is 0 Å². The number of carbonyl (C=O) groups excluding carboxylic acids is 1. The van der Waals surface area contributed by atoms with Crippen LogP contribution >= 0.6 is 11.3 Å². The first-order chi connectivity index (χ1) is 11.1. The first-order valence-corrected chi connectivity index (χ1v) is 9.05. The number of hydrogen-bond acceptors (Lipinski definition) is 4. The highest BCUT2D eigenvalue weighted by atomic mass is 32.1. The van der Waals surface area contributed by atoms with Crippen molar-refractivity contribution in [3.05, 3.63) is 39.8 Å². The molecule has 1 amide bonds. The van der Waals surface area contributed by atoms with Gasteiger partial charge in [-0.2, -0.15) is 16.4 Å². The van der Waals surface area contributed by atoms with Crippen LogP contribution in [0.1, 0.15) is 35.7 Å². The summed E-state index contributed by atoms with van der Waals surface area (Å²) in [6.45, 7) is 5.14. The Balaban J connectivity index is 1.53. The Morgan fingerprint density at radius 2 is 2.43 bits per heavy atom. The molecular formula is C17H24N4OS. The van der Waals surface area contributed by atoms with Crippen LogP contribution in [0.2, 0.25) is 0 Å². The lowest BCUT2D eigenvalue weighted by Gasteiger charge is -2.32. The molecule has 3 heterocycles. The van der Waals surface area contributed by atoms with Gasteiger partial charge in [-0.3, -0.25) is 14.8 Å². The van der Waals surface area contributed by atoms with Gasteiger partial charge in [-0.25, -0.2) is 0 Å². The minimum absolute atomic E-state index is 0.190. The zero-order valence-electron chi connectivity index (χ0n) is 13.8. The molecule has 1 saturated heterocycles. The van der Waals surface area contributed by atoms with Gasteiger partial charge in [-0.15, -0.1) is 0 Å². The van der Waals surface area contributed by atoms with Crippen molar-refractivity contribution in [2.45, 2.75) is 32.2 Å². The molecule has 1 N–H and O–H groups in total. The number of aromatic amines is 1. The van der Waals surface area contributed by atoms with E-state index in [2.05, 4.69) is 38.0 Å². The minimum Gasteiger partial charge on any atom is -0.340 e. The van der Waals surface area contributed by atoms with Crippen LogP contribution in [-0.4, -0.2) is 52.6 Å². The van der Waals surface area contributed by atoms with Gasteiger partial charge >= 0.3 is 0 Å². The number of aryl methyl sites for hydroxylation is 1. The van der Waals surface area contributed by atoms with E-state index in [4.69, 9.17) is 0 Å². The number of carbonyl (C=O) groups is 1. The molecule has 1 aliphatic heterocycles. The maximum Gasteiger partial charge on any atom is 0.236 e. The van der Waals surface area contributed by atoms with Crippen molar-refractivity contribution in [2.75, 3.05) is 26.7 Å². The third-order valence-electron chi connectivity index (χ3n) is 4.43. The van der Waals surface area contributed by atoms with E-state index in [9.17, 15) is 4.79 Å². The third-order valence-corrected chi connectivity index (χ3v) is 5.17. The van der Waals surface area contributed by atoms with Gasteiger partial charge in [0, 0.05) is 31.7 Å². The van der Waals surface area contributed by atoms with Gasteiger partial charge in [0.15, 0.2) is 0 Å². The molecule has 0 saturated carbocycles. The van der Waals surface area contributed by atoms with Crippen molar-refractivity contribution in [2.24, 2.45) is 0 Å². The molecule has 3 rings (SSSR count). The number of nitrogens with one attached hydrogen (secondary N) is 1. The maximum absolute atomic E-state index is 12.5. The zero-order valence-corrected chi connectivity index (χ0v) is 14.6. The van der Waals surface area contributed by atoms with E-state index in [-0.39, 0.29) is 5.91 Å². The predicted octanol–water partition coefficient (Wildman–Crippen LogP) is 2.62. The Morgan fingerprint density at radius 3 is 3.13 bits per heavy atom. The second-order valence-electron chi connectivity index (χ2n) is 6.43. The lowest BCUT2D eigenvalue weighted by atomic mass is 9.94. The number of thiophene rings is 1. The SMILES string of the molecule is Cc1cc([C@@H]2CCCN(CC(=O)N(C)Cc3ccsc3)C2)n[nH]1. The lowest BCUT2D eigenvalue weighted by molar-refractivity contribution is -0.131. The van der Waals surface area contributed by atoms with Crippen LogP contribution in [0.3, 0.4) is 0 Å². The third kappa shape index (κ3) is 4.20. The quantitative estimate of drug-likeness (QED) is 0.916. The summed E-state index contributed by atoms with van der Waals surface area (Å²) in [5.74, 6) is 0.624. The summed E-state index contributed by atoms with van der Waals surface area (Å²) in [4.78, 5) is 16.5.